The number of aromatic nitrogens is 2. The quantitative estimate of drug-likeness (QED) is 0.845. The molecule has 21 heavy (non-hydrogen) atoms. The Bertz CT molecular complexity index is 768. The van der Waals surface area contributed by atoms with Crippen molar-refractivity contribution in [1.29, 1.82) is 0 Å². The molecule has 108 valence electrons. The highest BCUT2D eigenvalue weighted by atomic mass is 16.2. The van der Waals surface area contributed by atoms with Crippen LogP contribution in [-0.4, -0.2) is 15.0 Å². The van der Waals surface area contributed by atoms with E-state index in [9.17, 15) is 14.4 Å². The molecule has 0 unspecified atom stereocenters. The van der Waals surface area contributed by atoms with Crippen LogP contribution >= 0.6 is 0 Å². The van der Waals surface area contributed by atoms with Crippen LogP contribution in [0.2, 0.25) is 0 Å². The van der Waals surface area contributed by atoms with E-state index in [1.165, 1.54) is 16.8 Å². The molecule has 0 aliphatic heterocycles. The van der Waals surface area contributed by atoms with Gasteiger partial charge in [0.2, 0.25) is 0 Å². The lowest BCUT2D eigenvalue weighted by Gasteiger charge is -2.14. The molecule has 0 saturated heterocycles. The largest absolute Gasteiger partial charge is 0.338 e. The number of benzene rings is 1. The van der Waals surface area contributed by atoms with E-state index in [1.54, 1.807) is 30.3 Å². The molecule has 0 spiro atoms. The predicted molar refractivity (Wildman–Crippen MR) is 78.6 cm³/mol. The van der Waals surface area contributed by atoms with E-state index in [0.717, 1.165) is 30.3 Å². The number of carbonyl (C=O) groups excluding carboxylic acids is 1. The second-order valence-corrected chi connectivity index (χ2v) is 5.29. The summed E-state index contributed by atoms with van der Waals surface area (Å²) in [6.45, 7) is 0. The number of carbonyl (C=O) groups is 1. The van der Waals surface area contributed by atoms with Crippen molar-refractivity contribution in [3.8, 4) is 0 Å². The first kappa shape index (κ1) is 13.5. The van der Waals surface area contributed by atoms with Crippen molar-refractivity contribution in [3.05, 3.63) is 69.0 Å². The van der Waals surface area contributed by atoms with Crippen molar-refractivity contribution < 1.29 is 4.79 Å². The minimum atomic E-state index is -0.580. The molecule has 1 heterocycles. The fraction of sp³-hybridized carbons (Fsp3) is 0.312. The summed E-state index contributed by atoms with van der Waals surface area (Å²) in [6, 6.07) is 9.77. The molecule has 0 bridgehead atoms. The number of hydrogen-bond donors (Lipinski definition) is 0. The van der Waals surface area contributed by atoms with Crippen LogP contribution in [-0.2, 0) is 0 Å². The normalized spacial score (nSPS) is 15.2. The molecule has 5 heteroatoms. The standard InChI is InChI=1S/C16H16N2O3/c19-14-10-11-17(13-8-4-5-9-13)16(21)18(14)15(20)12-6-2-1-3-7-12/h1-3,6-7,10-11,13H,4-5,8-9H2. The van der Waals surface area contributed by atoms with Crippen molar-refractivity contribution in [2.75, 3.05) is 0 Å². The van der Waals surface area contributed by atoms with Gasteiger partial charge in [-0.3, -0.25) is 14.2 Å². The molecule has 0 radical (unpaired) electrons. The second kappa shape index (κ2) is 5.52. The third kappa shape index (κ3) is 2.46. The summed E-state index contributed by atoms with van der Waals surface area (Å²) < 4.78 is 2.25. The van der Waals surface area contributed by atoms with Gasteiger partial charge in [0, 0.05) is 23.9 Å². The van der Waals surface area contributed by atoms with Crippen LogP contribution in [0.3, 0.4) is 0 Å². The van der Waals surface area contributed by atoms with Gasteiger partial charge in [-0.1, -0.05) is 31.0 Å². The highest BCUT2D eigenvalue weighted by Gasteiger charge is 2.21. The summed E-state index contributed by atoms with van der Waals surface area (Å²) in [6.07, 6.45) is 5.48. The Labute approximate surface area is 121 Å². The Morgan fingerprint density at radius 3 is 2.33 bits per heavy atom. The second-order valence-electron chi connectivity index (χ2n) is 5.29. The highest BCUT2D eigenvalue weighted by molar-refractivity contribution is 5.95. The average molecular weight is 284 g/mol. The van der Waals surface area contributed by atoms with Crippen LogP contribution in [0.5, 0.6) is 0 Å². The van der Waals surface area contributed by atoms with Gasteiger partial charge in [0.05, 0.1) is 0 Å². The molecule has 1 aromatic heterocycles. The highest BCUT2D eigenvalue weighted by Crippen LogP contribution is 2.27. The predicted octanol–water partition coefficient (Wildman–Crippen LogP) is 1.81. The fourth-order valence-corrected chi connectivity index (χ4v) is 2.85. The molecule has 1 saturated carbocycles. The fourth-order valence-electron chi connectivity index (χ4n) is 2.85. The maximum Gasteiger partial charge on any atom is 0.338 e. The van der Waals surface area contributed by atoms with E-state index < -0.39 is 17.2 Å². The van der Waals surface area contributed by atoms with Crippen molar-refractivity contribution in [2.45, 2.75) is 31.7 Å². The summed E-state index contributed by atoms with van der Waals surface area (Å²) in [5.41, 5.74) is -0.785. The first-order valence-corrected chi connectivity index (χ1v) is 7.12. The van der Waals surface area contributed by atoms with Crippen molar-refractivity contribution >= 4 is 5.91 Å². The van der Waals surface area contributed by atoms with Crippen LogP contribution in [0.15, 0.2) is 52.2 Å². The maximum atomic E-state index is 12.5. The molecular formula is C16H16N2O3. The smallest absolute Gasteiger partial charge is 0.297 e. The number of hydrogen-bond acceptors (Lipinski definition) is 3. The number of nitrogens with zero attached hydrogens (tertiary/aromatic N) is 2. The van der Waals surface area contributed by atoms with Crippen LogP contribution in [0, 0.1) is 0 Å². The van der Waals surface area contributed by atoms with E-state index in [0.29, 0.717) is 5.56 Å². The molecule has 0 atom stereocenters. The molecular weight excluding hydrogens is 268 g/mol. The van der Waals surface area contributed by atoms with Gasteiger partial charge in [-0.05, 0) is 25.0 Å². The van der Waals surface area contributed by atoms with Gasteiger partial charge in [-0.25, -0.2) is 4.79 Å². The number of rotatable bonds is 2. The van der Waals surface area contributed by atoms with E-state index in [-0.39, 0.29) is 6.04 Å². The molecule has 0 amide bonds. The molecule has 1 fully saturated rings. The van der Waals surface area contributed by atoms with Crippen LogP contribution in [0.25, 0.3) is 0 Å². The Morgan fingerprint density at radius 1 is 1.00 bits per heavy atom. The van der Waals surface area contributed by atoms with E-state index in [4.69, 9.17) is 0 Å². The van der Waals surface area contributed by atoms with Gasteiger partial charge in [-0.2, -0.15) is 4.57 Å². The topological polar surface area (TPSA) is 61.1 Å². The van der Waals surface area contributed by atoms with Crippen LogP contribution in [0.4, 0.5) is 0 Å². The van der Waals surface area contributed by atoms with Crippen LogP contribution < -0.4 is 11.2 Å². The van der Waals surface area contributed by atoms with Crippen molar-refractivity contribution in [2.24, 2.45) is 0 Å². The zero-order valence-corrected chi connectivity index (χ0v) is 11.6. The van der Waals surface area contributed by atoms with Gasteiger partial charge >= 0.3 is 5.69 Å². The molecule has 3 rings (SSSR count). The lowest BCUT2D eigenvalue weighted by atomic mass is 10.2. The van der Waals surface area contributed by atoms with Crippen molar-refractivity contribution in [1.82, 2.24) is 9.13 Å². The molecule has 1 aromatic carbocycles. The van der Waals surface area contributed by atoms with Gasteiger partial charge in [0.1, 0.15) is 0 Å². The average Bonchev–Trinajstić information content (AvgIpc) is 3.02. The van der Waals surface area contributed by atoms with Gasteiger partial charge in [0.25, 0.3) is 11.5 Å². The monoisotopic (exact) mass is 284 g/mol. The summed E-state index contributed by atoms with van der Waals surface area (Å²) in [5.74, 6) is -0.571. The molecule has 1 aliphatic carbocycles. The Hall–Kier alpha value is -2.43. The third-order valence-electron chi connectivity index (χ3n) is 3.95. The molecule has 1 aliphatic rings. The van der Waals surface area contributed by atoms with Gasteiger partial charge in [0.15, 0.2) is 0 Å². The summed E-state index contributed by atoms with van der Waals surface area (Å²) in [4.78, 5) is 36.9. The Kier molecular flexibility index (Phi) is 3.56. The van der Waals surface area contributed by atoms with Crippen molar-refractivity contribution in [3.63, 3.8) is 0 Å². The van der Waals surface area contributed by atoms with E-state index >= 15 is 0 Å². The van der Waals surface area contributed by atoms with E-state index in [1.807, 2.05) is 0 Å². The SMILES string of the molecule is O=C(c1ccccc1)n1c(=O)ccn(C2CCCC2)c1=O. The summed E-state index contributed by atoms with van der Waals surface area (Å²) >= 11 is 0. The zero-order valence-electron chi connectivity index (χ0n) is 11.6. The first-order valence-electron chi connectivity index (χ1n) is 7.12. The molecule has 2 aromatic rings. The lowest BCUT2D eigenvalue weighted by Crippen LogP contribution is -2.43. The van der Waals surface area contributed by atoms with E-state index in [2.05, 4.69) is 0 Å². The van der Waals surface area contributed by atoms with Crippen LogP contribution in [0.1, 0.15) is 42.1 Å². The Balaban J connectivity index is 2.10. The van der Waals surface area contributed by atoms with Gasteiger partial charge in [-0.15, -0.1) is 0 Å². The zero-order chi connectivity index (χ0) is 14.8. The molecule has 5 nitrogen and oxygen atoms in total. The minimum absolute atomic E-state index is 0.0907. The first-order chi connectivity index (χ1) is 10.2. The maximum absolute atomic E-state index is 12.5. The van der Waals surface area contributed by atoms with Gasteiger partial charge < -0.3 is 0 Å². The summed E-state index contributed by atoms with van der Waals surface area (Å²) in [5, 5.41) is 0. The molecule has 0 N–H and O–H groups in total. The lowest BCUT2D eigenvalue weighted by molar-refractivity contribution is 0.0947. The third-order valence-corrected chi connectivity index (χ3v) is 3.95. The Morgan fingerprint density at radius 2 is 1.67 bits per heavy atom. The minimum Gasteiger partial charge on any atom is -0.297 e. The summed E-state index contributed by atoms with van der Waals surface area (Å²) in [7, 11) is 0.